The lowest BCUT2D eigenvalue weighted by Crippen LogP contribution is -2.47. The third-order valence-corrected chi connectivity index (χ3v) is 6.05. The fourth-order valence-corrected chi connectivity index (χ4v) is 4.56. The van der Waals surface area contributed by atoms with E-state index < -0.39 is 0 Å². The molecule has 2 saturated heterocycles. The number of nitrogens with zero attached hydrogens (tertiary/aromatic N) is 5. The Kier molecular flexibility index (Phi) is 6.23. The van der Waals surface area contributed by atoms with E-state index in [9.17, 15) is 0 Å². The Morgan fingerprint density at radius 1 is 0.929 bits per heavy atom. The molecule has 0 spiro atoms. The standard InChI is InChI=1S/C23H33N5/c1-26(2)18-19-7-6-8-20(15-19)21-16-24-23(25-17-21)28-13-9-22(10-14-28)27-11-4-3-5-12-27/h6-8,15-17,22H,3-5,9-14,18H2,1-2H3. The predicted octanol–water partition coefficient (Wildman–Crippen LogP) is 3.66. The molecule has 5 heteroatoms. The van der Waals surface area contributed by atoms with Crippen molar-refractivity contribution < 1.29 is 0 Å². The van der Waals surface area contributed by atoms with Crippen molar-refractivity contribution in [3.63, 3.8) is 0 Å². The number of benzene rings is 1. The molecule has 0 amide bonds. The summed E-state index contributed by atoms with van der Waals surface area (Å²) in [4.78, 5) is 16.6. The molecule has 4 rings (SSSR count). The van der Waals surface area contributed by atoms with Gasteiger partial charge in [-0.25, -0.2) is 9.97 Å². The molecule has 28 heavy (non-hydrogen) atoms. The first-order valence-corrected chi connectivity index (χ1v) is 10.7. The number of aromatic nitrogens is 2. The van der Waals surface area contributed by atoms with Crippen LogP contribution in [0.2, 0.25) is 0 Å². The van der Waals surface area contributed by atoms with Gasteiger partial charge in [-0.2, -0.15) is 0 Å². The highest BCUT2D eigenvalue weighted by Crippen LogP contribution is 2.24. The van der Waals surface area contributed by atoms with Gasteiger partial charge in [0.25, 0.3) is 0 Å². The Balaban J connectivity index is 1.37. The lowest BCUT2D eigenvalue weighted by molar-refractivity contribution is 0.141. The summed E-state index contributed by atoms with van der Waals surface area (Å²) in [7, 11) is 4.19. The lowest BCUT2D eigenvalue weighted by atomic mass is 10.00. The first kappa shape index (κ1) is 19.3. The van der Waals surface area contributed by atoms with E-state index in [2.05, 4.69) is 53.1 Å². The Morgan fingerprint density at radius 2 is 1.64 bits per heavy atom. The smallest absolute Gasteiger partial charge is 0.225 e. The van der Waals surface area contributed by atoms with E-state index in [1.807, 2.05) is 12.4 Å². The molecule has 0 radical (unpaired) electrons. The number of hydrogen-bond donors (Lipinski definition) is 0. The van der Waals surface area contributed by atoms with Gasteiger partial charge in [0.1, 0.15) is 0 Å². The van der Waals surface area contributed by atoms with Crippen LogP contribution in [0.5, 0.6) is 0 Å². The van der Waals surface area contributed by atoms with E-state index in [0.29, 0.717) is 0 Å². The summed E-state index contributed by atoms with van der Waals surface area (Å²) < 4.78 is 0. The van der Waals surface area contributed by atoms with Crippen molar-refractivity contribution in [2.45, 2.75) is 44.7 Å². The van der Waals surface area contributed by atoms with Crippen molar-refractivity contribution in [1.29, 1.82) is 0 Å². The Hall–Kier alpha value is -1.98. The van der Waals surface area contributed by atoms with E-state index in [1.54, 1.807) is 0 Å². The van der Waals surface area contributed by atoms with Crippen LogP contribution in [0.4, 0.5) is 5.95 Å². The van der Waals surface area contributed by atoms with Gasteiger partial charge in [-0.05, 0) is 70.1 Å². The van der Waals surface area contributed by atoms with Crippen LogP contribution in [0.15, 0.2) is 36.7 Å². The van der Waals surface area contributed by atoms with Gasteiger partial charge in [-0.1, -0.05) is 24.6 Å². The second kappa shape index (κ2) is 9.01. The van der Waals surface area contributed by atoms with Crippen LogP contribution in [-0.2, 0) is 6.54 Å². The van der Waals surface area contributed by atoms with Crippen LogP contribution in [0.3, 0.4) is 0 Å². The van der Waals surface area contributed by atoms with Gasteiger partial charge in [-0.15, -0.1) is 0 Å². The maximum Gasteiger partial charge on any atom is 0.225 e. The zero-order valence-corrected chi connectivity index (χ0v) is 17.3. The molecule has 2 fully saturated rings. The van der Waals surface area contributed by atoms with E-state index in [0.717, 1.165) is 37.2 Å². The number of anilines is 1. The van der Waals surface area contributed by atoms with Crippen molar-refractivity contribution in [2.24, 2.45) is 0 Å². The van der Waals surface area contributed by atoms with Gasteiger partial charge >= 0.3 is 0 Å². The van der Waals surface area contributed by atoms with Gasteiger partial charge < -0.3 is 14.7 Å². The van der Waals surface area contributed by atoms with Crippen molar-refractivity contribution in [1.82, 2.24) is 19.8 Å². The molecule has 0 N–H and O–H groups in total. The predicted molar refractivity (Wildman–Crippen MR) is 116 cm³/mol. The molecule has 2 aromatic rings. The molecule has 5 nitrogen and oxygen atoms in total. The molecule has 2 aliphatic heterocycles. The maximum atomic E-state index is 4.70. The fourth-order valence-electron chi connectivity index (χ4n) is 4.56. The highest BCUT2D eigenvalue weighted by Gasteiger charge is 2.26. The minimum absolute atomic E-state index is 0.759. The second-order valence-corrected chi connectivity index (χ2v) is 8.52. The maximum absolute atomic E-state index is 4.70. The van der Waals surface area contributed by atoms with Crippen LogP contribution in [0, 0.1) is 0 Å². The van der Waals surface area contributed by atoms with Gasteiger partial charge in [0.15, 0.2) is 0 Å². The van der Waals surface area contributed by atoms with Crippen LogP contribution in [-0.4, -0.2) is 66.1 Å². The van der Waals surface area contributed by atoms with Crippen molar-refractivity contribution >= 4 is 5.95 Å². The molecule has 0 aliphatic carbocycles. The van der Waals surface area contributed by atoms with Crippen LogP contribution in [0.1, 0.15) is 37.7 Å². The average Bonchev–Trinajstić information content (AvgIpc) is 2.74. The summed E-state index contributed by atoms with van der Waals surface area (Å²) in [5.74, 6) is 0.880. The van der Waals surface area contributed by atoms with Crippen LogP contribution in [0.25, 0.3) is 11.1 Å². The van der Waals surface area contributed by atoms with Crippen LogP contribution >= 0.6 is 0 Å². The number of rotatable bonds is 5. The molecule has 0 saturated carbocycles. The molecular formula is C23H33N5. The Bertz CT molecular complexity index is 744. The van der Waals surface area contributed by atoms with Crippen molar-refractivity contribution in [3.8, 4) is 11.1 Å². The van der Waals surface area contributed by atoms with E-state index in [4.69, 9.17) is 9.97 Å². The van der Waals surface area contributed by atoms with E-state index in [1.165, 1.54) is 56.3 Å². The van der Waals surface area contributed by atoms with E-state index in [-0.39, 0.29) is 0 Å². The third kappa shape index (κ3) is 4.70. The highest BCUT2D eigenvalue weighted by molar-refractivity contribution is 5.63. The van der Waals surface area contributed by atoms with Gasteiger partial charge in [-0.3, -0.25) is 0 Å². The zero-order valence-electron chi connectivity index (χ0n) is 17.3. The Morgan fingerprint density at radius 3 is 2.32 bits per heavy atom. The first-order chi connectivity index (χ1) is 13.7. The molecule has 0 unspecified atom stereocenters. The largest absolute Gasteiger partial charge is 0.341 e. The van der Waals surface area contributed by atoms with Gasteiger partial charge in [0, 0.05) is 43.6 Å². The summed E-state index contributed by atoms with van der Waals surface area (Å²) in [6.45, 7) is 5.67. The molecule has 1 aromatic heterocycles. The molecule has 2 aliphatic rings. The number of hydrogen-bond acceptors (Lipinski definition) is 5. The summed E-state index contributed by atoms with van der Waals surface area (Å²) in [6, 6.07) is 9.43. The molecule has 0 atom stereocenters. The normalized spacial score (nSPS) is 19.3. The molecular weight excluding hydrogens is 346 g/mol. The summed E-state index contributed by atoms with van der Waals surface area (Å²) in [6.07, 6.45) is 10.6. The number of piperidine rings is 2. The summed E-state index contributed by atoms with van der Waals surface area (Å²) in [5, 5.41) is 0. The minimum atomic E-state index is 0.759. The summed E-state index contributed by atoms with van der Waals surface area (Å²) in [5.41, 5.74) is 3.59. The Labute approximate surface area is 169 Å². The highest BCUT2D eigenvalue weighted by atomic mass is 15.3. The molecule has 150 valence electrons. The monoisotopic (exact) mass is 379 g/mol. The van der Waals surface area contributed by atoms with E-state index >= 15 is 0 Å². The van der Waals surface area contributed by atoms with Crippen molar-refractivity contribution in [3.05, 3.63) is 42.2 Å². The second-order valence-electron chi connectivity index (χ2n) is 8.52. The molecule has 3 heterocycles. The van der Waals surface area contributed by atoms with Crippen LogP contribution < -0.4 is 4.90 Å². The van der Waals surface area contributed by atoms with Gasteiger partial charge in [0.05, 0.1) is 0 Å². The quantitative estimate of drug-likeness (QED) is 0.792. The molecule has 0 bridgehead atoms. The van der Waals surface area contributed by atoms with Gasteiger partial charge in [0.2, 0.25) is 5.95 Å². The average molecular weight is 380 g/mol. The third-order valence-electron chi connectivity index (χ3n) is 6.05. The van der Waals surface area contributed by atoms with Crippen molar-refractivity contribution in [2.75, 3.05) is 45.2 Å². The zero-order chi connectivity index (χ0) is 19.3. The summed E-state index contributed by atoms with van der Waals surface area (Å²) >= 11 is 0. The lowest BCUT2D eigenvalue weighted by Gasteiger charge is -2.40. The number of likely N-dealkylation sites (tertiary alicyclic amines) is 1. The fraction of sp³-hybridized carbons (Fsp3) is 0.565. The minimum Gasteiger partial charge on any atom is -0.341 e. The topological polar surface area (TPSA) is 35.5 Å². The first-order valence-electron chi connectivity index (χ1n) is 10.7. The molecule has 1 aromatic carbocycles. The SMILES string of the molecule is CN(C)Cc1cccc(-c2cnc(N3CCC(N4CCCCC4)CC3)nc2)c1.